The molecule has 3 aliphatic rings. The first-order valence-corrected chi connectivity index (χ1v) is 15.0. The lowest BCUT2D eigenvalue weighted by molar-refractivity contribution is -0.115. The highest BCUT2D eigenvalue weighted by molar-refractivity contribution is 7.93. The van der Waals surface area contributed by atoms with E-state index >= 15 is 0 Å². The molecule has 1 unspecified atom stereocenters. The molecule has 1 saturated carbocycles. The van der Waals surface area contributed by atoms with Crippen LogP contribution in [0.15, 0.2) is 77.8 Å². The van der Waals surface area contributed by atoms with Crippen molar-refractivity contribution in [3.05, 3.63) is 89.5 Å². The first-order valence-electron chi connectivity index (χ1n) is 13.5. The van der Waals surface area contributed by atoms with Crippen molar-refractivity contribution in [3.63, 3.8) is 0 Å². The van der Waals surface area contributed by atoms with Crippen LogP contribution in [0, 0.1) is 0 Å². The number of hydrogen-bond acceptors (Lipinski definition) is 6. The van der Waals surface area contributed by atoms with Crippen molar-refractivity contribution in [1.29, 1.82) is 0 Å². The van der Waals surface area contributed by atoms with Crippen LogP contribution in [0.4, 0.5) is 17.1 Å². The number of nitrogens with zero attached hydrogens (tertiary/aromatic N) is 3. The maximum Gasteiger partial charge on any atom is 0.238 e. The smallest absolute Gasteiger partial charge is 0.238 e. The number of sulfonamides is 1. The molecule has 6 rings (SSSR count). The molecule has 2 heterocycles. The largest absolute Gasteiger partial charge is 0.325 e. The molecule has 2 N–H and O–H groups in total. The molecule has 0 aromatic heterocycles. The van der Waals surface area contributed by atoms with Gasteiger partial charge in [-0.1, -0.05) is 42.5 Å². The molecule has 0 spiro atoms. The minimum atomic E-state index is -3.42. The monoisotopic (exact) mass is 543 g/mol. The number of likely N-dealkylation sites (N-methyl/N-ethyl adjacent to an activating group) is 1. The molecule has 3 aromatic rings. The van der Waals surface area contributed by atoms with E-state index in [0.29, 0.717) is 35.5 Å². The molecule has 39 heavy (non-hydrogen) atoms. The van der Waals surface area contributed by atoms with Crippen LogP contribution >= 0.6 is 0 Å². The van der Waals surface area contributed by atoms with Crippen LogP contribution in [0.3, 0.4) is 0 Å². The molecule has 0 bridgehead atoms. The van der Waals surface area contributed by atoms with E-state index in [1.807, 2.05) is 42.5 Å². The average molecular weight is 544 g/mol. The van der Waals surface area contributed by atoms with Crippen molar-refractivity contribution in [2.24, 2.45) is 4.99 Å². The normalized spacial score (nSPS) is 20.5. The third kappa shape index (κ3) is 5.75. The van der Waals surface area contributed by atoms with Gasteiger partial charge in [0, 0.05) is 44.1 Å². The fourth-order valence-electron chi connectivity index (χ4n) is 5.21. The van der Waals surface area contributed by atoms with Crippen molar-refractivity contribution in [2.45, 2.75) is 30.6 Å². The maximum absolute atomic E-state index is 13.3. The Morgan fingerprint density at radius 1 is 0.974 bits per heavy atom. The van der Waals surface area contributed by atoms with Crippen molar-refractivity contribution < 1.29 is 13.2 Å². The number of nitrogens with one attached hydrogen (secondary N) is 2. The van der Waals surface area contributed by atoms with Gasteiger partial charge in [0.25, 0.3) is 0 Å². The van der Waals surface area contributed by atoms with Crippen molar-refractivity contribution >= 4 is 38.7 Å². The van der Waals surface area contributed by atoms with Gasteiger partial charge >= 0.3 is 0 Å². The molecule has 1 amide bonds. The number of amides is 1. The Bertz CT molecular complexity index is 1490. The summed E-state index contributed by atoms with van der Waals surface area (Å²) in [5.74, 6) is -0.848. The van der Waals surface area contributed by atoms with E-state index in [1.165, 1.54) is 5.56 Å². The summed E-state index contributed by atoms with van der Waals surface area (Å²) in [4.78, 5) is 23.1. The minimum Gasteiger partial charge on any atom is -0.325 e. The highest BCUT2D eigenvalue weighted by atomic mass is 32.2. The van der Waals surface area contributed by atoms with Crippen LogP contribution in [0.25, 0.3) is 0 Å². The van der Waals surface area contributed by atoms with Gasteiger partial charge in [-0.25, -0.2) is 8.42 Å². The Kier molecular flexibility index (Phi) is 6.97. The summed E-state index contributed by atoms with van der Waals surface area (Å²) < 4.78 is 27.8. The van der Waals surface area contributed by atoms with Gasteiger partial charge in [-0.2, -0.15) is 0 Å². The summed E-state index contributed by atoms with van der Waals surface area (Å²) in [5.41, 5.74) is 5.31. The van der Waals surface area contributed by atoms with Gasteiger partial charge in [-0.15, -0.1) is 0 Å². The quantitative estimate of drug-likeness (QED) is 0.416. The van der Waals surface area contributed by atoms with Gasteiger partial charge in [-0.3, -0.25) is 19.4 Å². The van der Waals surface area contributed by atoms with Crippen molar-refractivity contribution in [3.8, 4) is 0 Å². The fourth-order valence-corrected chi connectivity index (χ4v) is 6.59. The highest BCUT2D eigenvalue weighted by Gasteiger charge is 2.38. The minimum absolute atomic E-state index is 0.179. The van der Waals surface area contributed by atoms with Gasteiger partial charge in [-0.05, 0) is 66.9 Å². The van der Waals surface area contributed by atoms with Gasteiger partial charge < -0.3 is 10.2 Å². The first kappa shape index (κ1) is 25.7. The van der Waals surface area contributed by atoms with Gasteiger partial charge in [0.05, 0.1) is 16.6 Å². The lowest BCUT2D eigenvalue weighted by Crippen LogP contribution is -2.43. The Morgan fingerprint density at radius 2 is 1.69 bits per heavy atom. The number of carbonyl (C=O) groups excluding carboxylic acids is 1. The Labute approximate surface area is 229 Å². The molecule has 9 heteroatoms. The summed E-state index contributed by atoms with van der Waals surface area (Å²) in [6.45, 7) is 5.18. The molecule has 2 fully saturated rings. The molecule has 1 saturated heterocycles. The molecule has 202 valence electrons. The molecule has 8 nitrogen and oxygen atoms in total. The SMILES string of the molecule is CN1CCN(Cc2ccc(N=C(c3ccccc3)C3C(=O)Nc4ccc(NS(=O)(=O)C5CC5)cc43)cc2)CC1. The molecule has 3 aromatic carbocycles. The van der Waals surface area contributed by atoms with Gasteiger partial charge in [0.15, 0.2) is 0 Å². The standard InChI is InChI=1S/C30H33N5O3S/c1-34-15-17-35(18-16-34)20-21-7-9-23(10-8-21)31-29(22-5-3-2-4-6-22)28-26-19-24(11-14-27(26)32-30(28)36)33-39(37,38)25-12-13-25/h2-11,14,19,25,28,33H,12-13,15-18,20H2,1H3,(H,32,36). The zero-order valence-electron chi connectivity index (χ0n) is 22.0. The van der Waals surface area contributed by atoms with Crippen molar-refractivity contribution in [2.75, 3.05) is 43.3 Å². The van der Waals surface area contributed by atoms with Crippen LogP contribution in [0.1, 0.15) is 35.4 Å². The van der Waals surface area contributed by atoms with E-state index in [2.05, 4.69) is 39.0 Å². The van der Waals surface area contributed by atoms with Crippen LogP contribution in [-0.2, 0) is 21.4 Å². The van der Waals surface area contributed by atoms with Crippen LogP contribution < -0.4 is 10.0 Å². The van der Waals surface area contributed by atoms with E-state index in [9.17, 15) is 13.2 Å². The van der Waals surface area contributed by atoms with Gasteiger partial charge in [0.1, 0.15) is 5.92 Å². The zero-order chi connectivity index (χ0) is 27.0. The second kappa shape index (κ2) is 10.6. The summed E-state index contributed by atoms with van der Waals surface area (Å²) >= 11 is 0. The number of piperazine rings is 1. The lowest BCUT2D eigenvalue weighted by atomic mass is 9.90. The van der Waals surface area contributed by atoms with Crippen molar-refractivity contribution in [1.82, 2.24) is 9.80 Å². The Hall–Kier alpha value is -3.53. The Morgan fingerprint density at radius 3 is 2.38 bits per heavy atom. The molecule has 1 atom stereocenters. The maximum atomic E-state index is 13.3. The number of hydrogen-bond donors (Lipinski definition) is 2. The van der Waals surface area contributed by atoms with Crippen LogP contribution in [-0.4, -0.2) is 68.3 Å². The van der Waals surface area contributed by atoms with E-state index in [1.54, 1.807) is 18.2 Å². The van der Waals surface area contributed by atoms with E-state index < -0.39 is 15.9 Å². The third-order valence-corrected chi connectivity index (χ3v) is 9.51. The molecule has 0 radical (unpaired) electrons. The van der Waals surface area contributed by atoms with E-state index in [4.69, 9.17) is 4.99 Å². The predicted molar refractivity (Wildman–Crippen MR) is 155 cm³/mol. The number of aliphatic imine (C=N–C) groups is 1. The average Bonchev–Trinajstić information content (AvgIpc) is 3.75. The summed E-state index contributed by atoms with van der Waals surface area (Å²) in [7, 11) is -1.26. The number of benzene rings is 3. The number of carbonyl (C=O) groups is 1. The summed E-state index contributed by atoms with van der Waals surface area (Å²) in [6, 6.07) is 23.1. The number of rotatable bonds is 8. The molecule has 2 aliphatic heterocycles. The second-order valence-corrected chi connectivity index (χ2v) is 12.6. The highest BCUT2D eigenvalue weighted by Crippen LogP contribution is 2.39. The van der Waals surface area contributed by atoms with E-state index in [0.717, 1.165) is 44.0 Å². The zero-order valence-corrected chi connectivity index (χ0v) is 22.8. The number of anilines is 2. The van der Waals surface area contributed by atoms with Crippen LogP contribution in [0.5, 0.6) is 0 Å². The third-order valence-electron chi connectivity index (χ3n) is 7.64. The molecular formula is C30H33N5O3S. The molecule has 1 aliphatic carbocycles. The fraction of sp³-hybridized carbons (Fsp3) is 0.333. The predicted octanol–water partition coefficient (Wildman–Crippen LogP) is 4.19. The number of fused-ring (bicyclic) bond motifs is 1. The topological polar surface area (TPSA) is 94.1 Å². The van der Waals surface area contributed by atoms with E-state index in [-0.39, 0.29) is 11.2 Å². The summed E-state index contributed by atoms with van der Waals surface area (Å²) in [6.07, 6.45) is 1.36. The second-order valence-electron chi connectivity index (χ2n) is 10.7. The lowest BCUT2D eigenvalue weighted by Gasteiger charge is -2.32. The first-order chi connectivity index (χ1) is 18.9. The van der Waals surface area contributed by atoms with Gasteiger partial charge in [0.2, 0.25) is 15.9 Å². The molecular weight excluding hydrogens is 510 g/mol. The van der Waals surface area contributed by atoms with Crippen LogP contribution in [0.2, 0.25) is 0 Å². The Balaban J connectivity index is 1.31. The summed E-state index contributed by atoms with van der Waals surface area (Å²) in [5, 5.41) is 2.63.